The van der Waals surface area contributed by atoms with E-state index in [0.717, 1.165) is 20.6 Å². The molecule has 0 bridgehead atoms. The quantitative estimate of drug-likeness (QED) is 0.481. The van der Waals surface area contributed by atoms with Crippen LogP contribution < -0.4 is 9.62 Å². The summed E-state index contributed by atoms with van der Waals surface area (Å²) in [4.78, 5) is 27.5. The monoisotopic (exact) mass is 587 g/mol. The molecule has 0 aliphatic heterocycles. The molecule has 2 rings (SSSR count). The van der Waals surface area contributed by atoms with Gasteiger partial charge in [0.2, 0.25) is 21.8 Å². The number of amides is 2. The SMILES string of the molecule is CC(C)NC(=O)[C@@H](C)N(Cc1cccc(Br)c1)C(=O)CN(c1cccc(Br)c1)S(C)(=O)=O. The van der Waals surface area contributed by atoms with Crippen molar-refractivity contribution in [3.8, 4) is 0 Å². The summed E-state index contributed by atoms with van der Waals surface area (Å²) in [6.07, 6.45) is 1.05. The second-order valence-electron chi connectivity index (χ2n) is 7.74. The Kier molecular flexibility index (Phi) is 9.29. The average Bonchev–Trinajstić information content (AvgIpc) is 2.68. The number of nitrogens with one attached hydrogen (secondary N) is 1. The molecule has 0 radical (unpaired) electrons. The van der Waals surface area contributed by atoms with Gasteiger partial charge in [0.1, 0.15) is 12.6 Å². The van der Waals surface area contributed by atoms with Gasteiger partial charge >= 0.3 is 0 Å². The zero-order chi connectivity index (χ0) is 24.1. The minimum Gasteiger partial charge on any atom is -0.352 e. The molecule has 2 aromatic carbocycles. The first kappa shape index (κ1) is 26.3. The predicted octanol–water partition coefficient (Wildman–Crippen LogP) is 3.92. The zero-order valence-electron chi connectivity index (χ0n) is 18.4. The Labute approximate surface area is 206 Å². The summed E-state index contributed by atoms with van der Waals surface area (Å²) >= 11 is 6.75. The zero-order valence-corrected chi connectivity index (χ0v) is 22.4. The normalized spacial score (nSPS) is 12.3. The van der Waals surface area contributed by atoms with Gasteiger partial charge < -0.3 is 10.2 Å². The van der Waals surface area contributed by atoms with Gasteiger partial charge in [-0.15, -0.1) is 0 Å². The lowest BCUT2D eigenvalue weighted by atomic mass is 10.1. The molecule has 174 valence electrons. The highest BCUT2D eigenvalue weighted by Crippen LogP contribution is 2.23. The fourth-order valence-corrected chi connectivity index (χ4v) is 4.74. The standard InChI is InChI=1S/C22H27Br2N3O4S/c1-15(2)25-22(29)16(3)26(13-17-7-5-8-18(23)11-17)21(28)14-27(32(4,30)31)20-10-6-9-19(24)12-20/h5-12,15-16H,13-14H2,1-4H3,(H,25,29)/t16-/m1/s1. The number of anilines is 1. The summed E-state index contributed by atoms with van der Waals surface area (Å²) in [5.41, 5.74) is 1.17. The molecule has 0 spiro atoms. The third-order valence-electron chi connectivity index (χ3n) is 4.62. The number of carbonyl (C=O) groups excluding carboxylic acids is 2. The molecule has 0 saturated carbocycles. The van der Waals surface area contributed by atoms with E-state index in [2.05, 4.69) is 37.2 Å². The summed E-state index contributed by atoms with van der Waals surface area (Å²) in [5.74, 6) is -0.793. The molecule has 2 amide bonds. The van der Waals surface area contributed by atoms with Crippen molar-refractivity contribution in [2.24, 2.45) is 0 Å². The summed E-state index contributed by atoms with van der Waals surface area (Å²) in [6, 6.07) is 13.2. The Morgan fingerprint density at radius 1 is 1.00 bits per heavy atom. The third kappa shape index (κ3) is 7.60. The predicted molar refractivity (Wildman–Crippen MR) is 134 cm³/mol. The van der Waals surface area contributed by atoms with Crippen molar-refractivity contribution in [3.63, 3.8) is 0 Å². The van der Waals surface area contributed by atoms with E-state index in [0.29, 0.717) is 10.2 Å². The van der Waals surface area contributed by atoms with Gasteiger partial charge in [-0.1, -0.05) is 50.1 Å². The minimum atomic E-state index is -3.75. The van der Waals surface area contributed by atoms with E-state index >= 15 is 0 Å². The molecular formula is C22H27Br2N3O4S. The molecule has 0 fully saturated rings. The van der Waals surface area contributed by atoms with Gasteiger partial charge in [-0.3, -0.25) is 13.9 Å². The number of benzene rings is 2. The van der Waals surface area contributed by atoms with Crippen LogP contribution in [0.5, 0.6) is 0 Å². The second-order valence-corrected chi connectivity index (χ2v) is 11.5. The summed E-state index contributed by atoms with van der Waals surface area (Å²) in [5, 5.41) is 2.82. The van der Waals surface area contributed by atoms with Crippen LogP contribution in [0.15, 0.2) is 57.5 Å². The number of hydrogen-bond donors (Lipinski definition) is 1. The minimum absolute atomic E-state index is 0.0954. The average molecular weight is 589 g/mol. The molecule has 1 N–H and O–H groups in total. The highest BCUT2D eigenvalue weighted by Gasteiger charge is 2.30. The Balaban J connectivity index is 2.39. The van der Waals surface area contributed by atoms with Crippen LogP contribution in [0, 0.1) is 0 Å². The number of halogens is 2. The third-order valence-corrected chi connectivity index (χ3v) is 6.74. The van der Waals surface area contributed by atoms with Crippen molar-refractivity contribution < 1.29 is 18.0 Å². The molecular weight excluding hydrogens is 562 g/mol. The van der Waals surface area contributed by atoms with E-state index in [9.17, 15) is 18.0 Å². The fraction of sp³-hybridized carbons (Fsp3) is 0.364. The van der Waals surface area contributed by atoms with E-state index in [4.69, 9.17) is 0 Å². The fourth-order valence-electron chi connectivity index (χ4n) is 3.06. The molecule has 0 unspecified atom stereocenters. The summed E-state index contributed by atoms with van der Waals surface area (Å²) < 4.78 is 27.6. The molecule has 2 aromatic rings. The van der Waals surface area contributed by atoms with Crippen LogP contribution in [-0.2, 0) is 26.2 Å². The van der Waals surface area contributed by atoms with Crippen molar-refractivity contribution in [1.82, 2.24) is 10.2 Å². The Hall–Kier alpha value is -1.91. The van der Waals surface area contributed by atoms with E-state index in [-0.39, 0.29) is 18.5 Å². The van der Waals surface area contributed by atoms with Crippen molar-refractivity contribution in [1.29, 1.82) is 0 Å². The molecule has 0 saturated heterocycles. The lowest BCUT2D eigenvalue weighted by Gasteiger charge is -2.32. The van der Waals surface area contributed by atoms with Crippen molar-refractivity contribution in [2.75, 3.05) is 17.1 Å². The van der Waals surface area contributed by atoms with Crippen molar-refractivity contribution >= 4 is 59.4 Å². The van der Waals surface area contributed by atoms with Crippen LogP contribution in [0.3, 0.4) is 0 Å². The second kappa shape index (κ2) is 11.3. The number of hydrogen-bond acceptors (Lipinski definition) is 4. The molecule has 7 nitrogen and oxygen atoms in total. The Morgan fingerprint density at radius 2 is 1.59 bits per heavy atom. The Bertz CT molecular complexity index is 1080. The van der Waals surface area contributed by atoms with Gasteiger partial charge in [0.15, 0.2) is 0 Å². The van der Waals surface area contributed by atoms with E-state index in [1.807, 2.05) is 38.1 Å². The maximum atomic E-state index is 13.4. The van der Waals surface area contributed by atoms with Crippen LogP contribution in [0.4, 0.5) is 5.69 Å². The smallest absolute Gasteiger partial charge is 0.244 e. The largest absolute Gasteiger partial charge is 0.352 e. The highest BCUT2D eigenvalue weighted by atomic mass is 79.9. The summed E-state index contributed by atoms with van der Waals surface area (Å²) in [7, 11) is -3.75. The van der Waals surface area contributed by atoms with Crippen molar-refractivity contribution in [2.45, 2.75) is 39.4 Å². The van der Waals surface area contributed by atoms with Crippen LogP contribution >= 0.6 is 31.9 Å². The molecule has 0 aliphatic rings. The first-order valence-corrected chi connectivity index (χ1v) is 13.4. The summed E-state index contributed by atoms with van der Waals surface area (Å²) in [6.45, 7) is 5.04. The van der Waals surface area contributed by atoms with Gasteiger partial charge in [-0.05, 0) is 56.7 Å². The maximum absolute atomic E-state index is 13.4. The van der Waals surface area contributed by atoms with E-state index in [1.54, 1.807) is 31.2 Å². The molecule has 0 heterocycles. The van der Waals surface area contributed by atoms with Gasteiger partial charge in [0.25, 0.3) is 0 Å². The lowest BCUT2D eigenvalue weighted by Crippen LogP contribution is -2.52. The van der Waals surface area contributed by atoms with E-state index in [1.165, 1.54) is 4.90 Å². The van der Waals surface area contributed by atoms with Crippen LogP contribution in [0.1, 0.15) is 26.3 Å². The van der Waals surface area contributed by atoms with Crippen molar-refractivity contribution in [3.05, 3.63) is 63.0 Å². The molecule has 0 aromatic heterocycles. The number of sulfonamides is 1. The van der Waals surface area contributed by atoms with Gasteiger partial charge in [-0.2, -0.15) is 0 Å². The number of rotatable bonds is 9. The van der Waals surface area contributed by atoms with Gasteiger partial charge in [0, 0.05) is 21.5 Å². The van der Waals surface area contributed by atoms with Gasteiger partial charge in [0.05, 0.1) is 11.9 Å². The first-order chi connectivity index (χ1) is 14.9. The maximum Gasteiger partial charge on any atom is 0.244 e. The number of nitrogens with zero attached hydrogens (tertiary/aromatic N) is 2. The molecule has 10 heteroatoms. The van der Waals surface area contributed by atoms with Crippen LogP contribution in [-0.4, -0.2) is 50.0 Å². The molecule has 0 aliphatic carbocycles. The number of carbonyl (C=O) groups is 2. The highest BCUT2D eigenvalue weighted by molar-refractivity contribution is 9.10. The van der Waals surface area contributed by atoms with Gasteiger partial charge in [-0.25, -0.2) is 8.42 Å². The lowest BCUT2D eigenvalue weighted by molar-refractivity contribution is -0.139. The molecule has 1 atom stereocenters. The van der Waals surface area contributed by atoms with Crippen LogP contribution in [0.2, 0.25) is 0 Å². The van der Waals surface area contributed by atoms with E-state index < -0.39 is 28.5 Å². The first-order valence-electron chi connectivity index (χ1n) is 9.96. The topological polar surface area (TPSA) is 86.8 Å². The molecule has 32 heavy (non-hydrogen) atoms. The van der Waals surface area contributed by atoms with Crippen LogP contribution in [0.25, 0.3) is 0 Å². The Morgan fingerprint density at radius 3 is 2.12 bits per heavy atom.